The van der Waals surface area contributed by atoms with Gasteiger partial charge in [-0.05, 0) is 42.8 Å². The summed E-state index contributed by atoms with van der Waals surface area (Å²) in [7, 11) is -3.81. The molecule has 0 aliphatic heterocycles. The zero-order valence-corrected chi connectivity index (χ0v) is 13.4. The van der Waals surface area contributed by atoms with Gasteiger partial charge in [-0.1, -0.05) is 0 Å². The van der Waals surface area contributed by atoms with Crippen molar-refractivity contribution in [1.82, 2.24) is 19.9 Å². The maximum atomic E-state index is 13.2. The molecule has 0 atom stereocenters. The average Bonchev–Trinajstić information content (AvgIpc) is 3.05. The van der Waals surface area contributed by atoms with Crippen molar-refractivity contribution in [1.29, 1.82) is 0 Å². The Kier molecular flexibility index (Phi) is 4.36. The summed E-state index contributed by atoms with van der Waals surface area (Å²) < 4.78 is 45.4. The molecule has 0 bridgehead atoms. The van der Waals surface area contributed by atoms with Gasteiger partial charge in [0.1, 0.15) is 5.82 Å². The van der Waals surface area contributed by atoms with Gasteiger partial charge in [0, 0.05) is 18.0 Å². The van der Waals surface area contributed by atoms with E-state index in [-0.39, 0.29) is 28.8 Å². The van der Waals surface area contributed by atoms with Crippen LogP contribution in [0.3, 0.4) is 0 Å². The van der Waals surface area contributed by atoms with Gasteiger partial charge in [0.15, 0.2) is 0 Å². The molecule has 0 fully saturated rings. The van der Waals surface area contributed by atoms with Crippen LogP contribution >= 0.6 is 0 Å². The molecule has 0 unspecified atom stereocenters. The molecule has 3 rings (SSSR count). The van der Waals surface area contributed by atoms with Crippen molar-refractivity contribution in [3.63, 3.8) is 0 Å². The molecule has 0 aliphatic rings. The first-order valence-electron chi connectivity index (χ1n) is 6.94. The Hall–Kier alpha value is -2.65. The molecule has 0 aliphatic carbocycles. The minimum absolute atomic E-state index is 0.0322. The molecule has 0 saturated heterocycles. The number of rotatable bonds is 5. The molecule has 0 saturated carbocycles. The van der Waals surface area contributed by atoms with Crippen molar-refractivity contribution in [2.24, 2.45) is 0 Å². The molecule has 124 valence electrons. The van der Waals surface area contributed by atoms with Crippen molar-refractivity contribution in [2.45, 2.75) is 18.4 Å². The summed E-state index contributed by atoms with van der Waals surface area (Å²) in [6.45, 7) is 1.32. The van der Waals surface area contributed by atoms with Gasteiger partial charge in [-0.3, -0.25) is 4.98 Å². The Morgan fingerprint density at radius 1 is 1.17 bits per heavy atom. The summed E-state index contributed by atoms with van der Waals surface area (Å²) in [5.74, 6) is -0.0821. The van der Waals surface area contributed by atoms with E-state index in [1.54, 1.807) is 24.5 Å². The van der Waals surface area contributed by atoms with Crippen LogP contribution in [0.15, 0.2) is 52.0 Å². The fourth-order valence-electron chi connectivity index (χ4n) is 1.96. The number of halogens is 1. The summed E-state index contributed by atoms with van der Waals surface area (Å²) in [6, 6.07) is 6.96. The monoisotopic (exact) mass is 348 g/mol. The van der Waals surface area contributed by atoms with Crippen LogP contribution in [0.25, 0.3) is 11.5 Å². The molecule has 2 heterocycles. The molecule has 9 heteroatoms. The van der Waals surface area contributed by atoms with Crippen LogP contribution in [0.2, 0.25) is 0 Å². The second-order valence-electron chi connectivity index (χ2n) is 4.97. The molecule has 2 aromatic heterocycles. The largest absolute Gasteiger partial charge is 0.419 e. The smallest absolute Gasteiger partial charge is 0.247 e. The van der Waals surface area contributed by atoms with E-state index in [0.717, 1.165) is 6.07 Å². The van der Waals surface area contributed by atoms with Crippen LogP contribution in [-0.2, 0) is 16.6 Å². The zero-order valence-electron chi connectivity index (χ0n) is 12.6. The summed E-state index contributed by atoms with van der Waals surface area (Å²) in [5, 5.41) is 7.65. The first kappa shape index (κ1) is 16.2. The highest BCUT2D eigenvalue weighted by Gasteiger charge is 2.17. The van der Waals surface area contributed by atoms with Gasteiger partial charge in [0.2, 0.25) is 21.8 Å². The number of nitrogens with one attached hydrogen (secondary N) is 1. The number of sulfonamides is 1. The summed E-state index contributed by atoms with van der Waals surface area (Å²) in [5.41, 5.74) is 0.927. The Balaban J connectivity index is 1.73. The first-order valence-corrected chi connectivity index (χ1v) is 8.42. The van der Waals surface area contributed by atoms with E-state index < -0.39 is 15.8 Å². The Bertz CT molecular complexity index is 958. The van der Waals surface area contributed by atoms with Gasteiger partial charge in [0.25, 0.3) is 0 Å². The lowest BCUT2D eigenvalue weighted by Gasteiger charge is -2.06. The van der Waals surface area contributed by atoms with Crippen molar-refractivity contribution < 1.29 is 17.2 Å². The third kappa shape index (κ3) is 3.47. The van der Waals surface area contributed by atoms with Gasteiger partial charge in [0.05, 0.1) is 11.4 Å². The highest BCUT2D eigenvalue weighted by molar-refractivity contribution is 7.89. The van der Waals surface area contributed by atoms with Gasteiger partial charge >= 0.3 is 0 Å². The van der Waals surface area contributed by atoms with Gasteiger partial charge in [-0.2, -0.15) is 0 Å². The third-order valence-electron chi connectivity index (χ3n) is 3.25. The maximum absolute atomic E-state index is 13.2. The topological polar surface area (TPSA) is 98.0 Å². The lowest BCUT2D eigenvalue weighted by Crippen LogP contribution is -2.23. The van der Waals surface area contributed by atoms with Crippen molar-refractivity contribution in [3.05, 3.63) is 60.0 Å². The van der Waals surface area contributed by atoms with Gasteiger partial charge in [-0.15, -0.1) is 10.2 Å². The maximum Gasteiger partial charge on any atom is 0.247 e. The number of hydrogen-bond donors (Lipinski definition) is 1. The number of aromatic nitrogens is 3. The van der Waals surface area contributed by atoms with Crippen LogP contribution in [0.5, 0.6) is 0 Å². The average molecular weight is 348 g/mol. The van der Waals surface area contributed by atoms with Crippen LogP contribution in [0.4, 0.5) is 4.39 Å². The van der Waals surface area contributed by atoms with Crippen LogP contribution in [-0.4, -0.2) is 23.6 Å². The predicted molar refractivity (Wildman–Crippen MR) is 82.7 cm³/mol. The molecular formula is C15H13FN4O3S. The Labute approximate surface area is 137 Å². The minimum atomic E-state index is -3.81. The van der Waals surface area contributed by atoms with E-state index >= 15 is 0 Å². The molecule has 7 nitrogen and oxygen atoms in total. The minimum Gasteiger partial charge on any atom is -0.419 e. The Morgan fingerprint density at radius 2 is 1.92 bits per heavy atom. The Morgan fingerprint density at radius 3 is 2.62 bits per heavy atom. The van der Waals surface area contributed by atoms with E-state index in [9.17, 15) is 12.8 Å². The van der Waals surface area contributed by atoms with E-state index in [4.69, 9.17) is 4.42 Å². The van der Waals surface area contributed by atoms with Crippen LogP contribution < -0.4 is 4.72 Å². The molecule has 1 aromatic carbocycles. The van der Waals surface area contributed by atoms with Crippen molar-refractivity contribution in [2.75, 3.05) is 0 Å². The number of aryl methyl sites for hydroxylation is 1. The van der Waals surface area contributed by atoms with Crippen LogP contribution in [0.1, 0.15) is 11.5 Å². The van der Waals surface area contributed by atoms with E-state index in [1.165, 1.54) is 19.1 Å². The number of hydrogen-bond acceptors (Lipinski definition) is 6. The summed E-state index contributed by atoms with van der Waals surface area (Å²) in [6.07, 6.45) is 3.16. The van der Waals surface area contributed by atoms with Crippen LogP contribution in [0, 0.1) is 12.7 Å². The summed E-state index contributed by atoms with van der Waals surface area (Å²) >= 11 is 0. The zero-order chi connectivity index (χ0) is 17.2. The van der Waals surface area contributed by atoms with Crippen molar-refractivity contribution in [3.8, 4) is 11.5 Å². The molecular weight excluding hydrogens is 335 g/mol. The van der Waals surface area contributed by atoms with Crippen molar-refractivity contribution >= 4 is 10.0 Å². The fourth-order valence-corrected chi connectivity index (χ4v) is 3.02. The second-order valence-corrected chi connectivity index (χ2v) is 6.74. The molecule has 24 heavy (non-hydrogen) atoms. The third-order valence-corrected chi connectivity index (χ3v) is 4.65. The van der Waals surface area contributed by atoms with E-state index in [2.05, 4.69) is 19.9 Å². The van der Waals surface area contributed by atoms with Gasteiger partial charge in [-0.25, -0.2) is 17.5 Å². The number of pyridine rings is 1. The highest BCUT2D eigenvalue weighted by atomic mass is 32.2. The fraction of sp³-hybridized carbons (Fsp3) is 0.133. The first-order chi connectivity index (χ1) is 11.5. The number of nitrogens with zero attached hydrogens (tertiary/aromatic N) is 3. The normalized spacial score (nSPS) is 11.6. The van der Waals surface area contributed by atoms with E-state index in [1.807, 2.05) is 0 Å². The summed E-state index contributed by atoms with van der Waals surface area (Å²) in [4.78, 5) is 3.85. The quantitative estimate of drug-likeness (QED) is 0.758. The van der Waals surface area contributed by atoms with E-state index in [0.29, 0.717) is 5.56 Å². The molecule has 1 N–H and O–H groups in total. The standard InChI is InChI=1S/C15H13FN4O3S/c1-10-8-12(2-3-13(10)16)24(21,22)18-9-14-19-20-15(23-14)11-4-6-17-7-5-11/h2-8,18H,9H2,1H3. The molecule has 3 aromatic rings. The molecule has 0 amide bonds. The SMILES string of the molecule is Cc1cc(S(=O)(=O)NCc2nnc(-c3ccncc3)o2)ccc1F. The lowest BCUT2D eigenvalue weighted by molar-refractivity contribution is 0.494. The predicted octanol–water partition coefficient (Wildman–Crippen LogP) is 2.06. The lowest BCUT2D eigenvalue weighted by atomic mass is 10.2. The molecule has 0 radical (unpaired) electrons. The number of benzene rings is 1. The highest BCUT2D eigenvalue weighted by Crippen LogP contribution is 2.17. The molecule has 0 spiro atoms. The van der Waals surface area contributed by atoms with Gasteiger partial charge < -0.3 is 4.42 Å². The second kappa shape index (κ2) is 6.46.